The highest BCUT2D eigenvalue weighted by molar-refractivity contribution is 7.92. The predicted molar refractivity (Wildman–Crippen MR) is 70.6 cm³/mol. The molecule has 1 aromatic rings. The summed E-state index contributed by atoms with van der Waals surface area (Å²) in [5, 5.41) is 3.52. The lowest BCUT2D eigenvalue weighted by Crippen LogP contribution is -2.45. The molecule has 2 aliphatic rings. The number of hydrogen-bond donors (Lipinski definition) is 0. The molecule has 2 unspecified atom stereocenters. The van der Waals surface area contributed by atoms with Crippen molar-refractivity contribution in [3.63, 3.8) is 0 Å². The van der Waals surface area contributed by atoms with Gasteiger partial charge < -0.3 is 0 Å². The monoisotopic (exact) mass is 282 g/mol. The second-order valence-corrected chi connectivity index (χ2v) is 8.18. The number of aryl methyl sites for hydroxylation is 1. The van der Waals surface area contributed by atoms with E-state index < -0.39 is 9.84 Å². The Balaban J connectivity index is 1.83. The van der Waals surface area contributed by atoms with Gasteiger partial charge in [-0.15, -0.1) is 0 Å². The molecule has 6 heteroatoms. The molecule has 0 aliphatic carbocycles. The normalized spacial score (nSPS) is 33.0. The van der Waals surface area contributed by atoms with Gasteiger partial charge in [0, 0.05) is 19.2 Å². The molecule has 0 spiro atoms. The standard InChI is InChI=1S/C13H18N2O3S/c1-15-6-5-12(14-15)13(16)9-7-10-3-2-4-11(8-9)19(10,17)18/h5-6,9-11H,2-4,7-8H2,1H3. The minimum Gasteiger partial charge on any atom is -0.292 e. The van der Waals surface area contributed by atoms with Crippen LogP contribution in [-0.4, -0.2) is 34.5 Å². The van der Waals surface area contributed by atoms with Gasteiger partial charge in [-0.1, -0.05) is 6.42 Å². The third kappa shape index (κ3) is 2.12. The highest BCUT2D eigenvalue weighted by Gasteiger charge is 2.46. The third-order valence-electron chi connectivity index (χ3n) is 4.41. The Morgan fingerprint density at radius 2 is 1.95 bits per heavy atom. The summed E-state index contributed by atoms with van der Waals surface area (Å²) in [6, 6.07) is 1.71. The van der Waals surface area contributed by atoms with E-state index in [9.17, 15) is 13.2 Å². The summed E-state index contributed by atoms with van der Waals surface area (Å²) in [4.78, 5) is 12.4. The van der Waals surface area contributed by atoms with Gasteiger partial charge in [-0.25, -0.2) is 8.42 Å². The van der Waals surface area contributed by atoms with Gasteiger partial charge in [-0.05, 0) is 31.7 Å². The van der Waals surface area contributed by atoms with Crippen molar-refractivity contribution in [3.05, 3.63) is 18.0 Å². The number of Topliss-reactive ketones (excluding diaryl/α,β-unsaturated/α-hetero) is 1. The van der Waals surface area contributed by atoms with Crippen LogP contribution in [-0.2, 0) is 16.9 Å². The molecule has 0 amide bonds. The number of nitrogens with zero attached hydrogens (tertiary/aromatic N) is 2. The van der Waals surface area contributed by atoms with Crippen molar-refractivity contribution in [2.24, 2.45) is 13.0 Å². The summed E-state index contributed by atoms with van der Waals surface area (Å²) in [7, 11) is -1.21. The van der Waals surface area contributed by atoms with Crippen LogP contribution in [0.4, 0.5) is 0 Å². The van der Waals surface area contributed by atoms with Crippen molar-refractivity contribution < 1.29 is 13.2 Å². The summed E-state index contributed by atoms with van der Waals surface area (Å²) in [6.07, 6.45) is 5.10. The Bertz CT molecular complexity index is 585. The topological polar surface area (TPSA) is 69.0 Å². The highest BCUT2D eigenvalue weighted by atomic mass is 32.2. The van der Waals surface area contributed by atoms with Crippen LogP contribution in [0.3, 0.4) is 0 Å². The Morgan fingerprint density at radius 1 is 1.32 bits per heavy atom. The first kappa shape index (κ1) is 12.8. The molecule has 0 radical (unpaired) electrons. The molecule has 2 atom stereocenters. The molecule has 1 aromatic heterocycles. The lowest BCUT2D eigenvalue weighted by atomic mass is 9.86. The fraction of sp³-hybridized carbons (Fsp3) is 0.692. The van der Waals surface area contributed by atoms with Crippen molar-refractivity contribution in [3.8, 4) is 0 Å². The summed E-state index contributed by atoms with van der Waals surface area (Å²) in [5.41, 5.74) is 0.463. The van der Waals surface area contributed by atoms with E-state index in [-0.39, 0.29) is 22.2 Å². The fourth-order valence-electron chi connectivity index (χ4n) is 3.38. The smallest absolute Gasteiger partial charge is 0.186 e. The average molecular weight is 282 g/mol. The maximum Gasteiger partial charge on any atom is 0.186 e. The van der Waals surface area contributed by atoms with Crippen LogP contribution in [0.5, 0.6) is 0 Å². The maximum atomic E-state index is 12.4. The molecule has 2 fully saturated rings. The zero-order valence-electron chi connectivity index (χ0n) is 10.9. The SMILES string of the molecule is Cn1ccc(C(=O)C2CC3CCCC(C2)S3(=O)=O)n1. The molecule has 104 valence electrons. The minimum absolute atomic E-state index is 0.00685. The largest absolute Gasteiger partial charge is 0.292 e. The average Bonchev–Trinajstić information content (AvgIpc) is 2.73. The molecule has 3 heterocycles. The van der Waals surface area contributed by atoms with Gasteiger partial charge >= 0.3 is 0 Å². The molecule has 2 saturated heterocycles. The van der Waals surface area contributed by atoms with Gasteiger partial charge in [0.25, 0.3) is 0 Å². The number of sulfone groups is 1. The van der Waals surface area contributed by atoms with E-state index in [0.717, 1.165) is 6.42 Å². The second kappa shape index (κ2) is 4.44. The van der Waals surface area contributed by atoms with E-state index >= 15 is 0 Å². The van der Waals surface area contributed by atoms with Crippen LogP contribution in [0.25, 0.3) is 0 Å². The number of carbonyl (C=O) groups excluding carboxylic acids is 1. The van der Waals surface area contributed by atoms with Crippen LogP contribution < -0.4 is 0 Å². The van der Waals surface area contributed by atoms with Crippen LogP contribution in [0.1, 0.15) is 42.6 Å². The molecule has 19 heavy (non-hydrogen) atoms. The number of aromatic nitrogens is 2. The second-order valence-electron chi connectivity index (χ2n) is 5.67. The number of hydrogen-bond acceptors (Lipinski definition) is 4. The third-order valence-corrected chi connectivity index (χ3v) is 7.13. The van der Waals surface area contributed by atoms with Gasteiger partial charge in [-0.3, -0.25) is 9.48 Å². The van der Waals surface area contributed by atoms with Crippen LogP contribution in [0, 0.1) is 5.92 Å². The summed E-state index contributed by atoms with van der Waals surface area (Å²) in [6.45, 7) is 0. The van der Waals surface area contributed by atoms with E-state index in [1.165, 1.54) is 0 Å². The van der Waals surface area contributed by atoms with Crippen molar-refractivity contribution in [1.82, 2.24) is 9.78 Å². The number of fused-ring (bicyclic) bond motifs is 2. The Kier molecular flexibility index (Phi) is 3.00. The van der Waals surface area contributed by atoms with E-state index in [1.54, 1.807) is 24.0 Å². The summed E-state index contributed by atoms with van der Waals surface area (Å²) < 4.78 is 26.0. The van der Waals surface area contributed by atoms with Crippen molar-refractivity contribution in [1.29, 1.82) is 0 Å². The number of carbonyl (C=O) groups is 1. The van der Waals surface area contributed by atoms with E-state index in [1.807, 2.05) is 0 Å². The zero-order chi connectivity index (χ0) is 13.6. The molecule has 0 saturated carbocycles. The predicted octanol–water partition coefficient (Wildman–Crippen LogP) is 1.35. The molecule has 2 aliphatic heterocycles. The Morgan fingerprint density at radius 3 is 2.47 bits per heavy atom. The molecule has 3 rings (SSSR count). The van der Waals surface area contributed by atoms with Gasteiger partial charge in [0.15, 0.2) is 15.6 Å². The lowest BCUT2D eigenvalue weighted by molar-refractivity contribution is 0.0888. The van der Waals surface area contributed by atoms with Gasteiger partial charge in [0.05, 0.1) is 10.5 Å². The molecular weight excluding hydrogens is 264 g/mol. The summed E-state index contributed by atoms with van der Waals surface area (Å²) in [5.74, 6) is -0.166. The quantitative estimate of drug-likeness (QED) is 0.768. The molecule has 0 aromatic carbocycles. The Hall–Kier alpha value is -1.17. The maximum absolute atomic E-state index is 12.4. The lowest BCUT2D eigenvalue weighted by Gasteiger charge is -2.37. The van der Waals surface area contributed by atoms with Crippen molar-refractivity contribution in [2.75, 3.05) is 0 Å². The highest BCUT2D eigenvalue weighted by Crippen LogP contribution is 2.40. The Labute approximate surface area is 112 Å². The van der Waals surface area contributed by atoms with Crippen LogP contribution in [0.15, 0.2) is 12.3 Å². The van der Waals surface area contributed by atoms with E-state index in [0.29, 0.717) is 31.4 Å². The first-order valence-corrected chi connectivity index (χ1v) is 8.36. The van der Waals surface area contributed by atoms with Gasteiger partial charge in [-0.2, -0.15) is 5.10 Å². The molecule has 2 bridgehead atoms. The van der Waals surface area contributed by atoms with Crippen LogP contribution in [0.2, 0.25) is 0 Å². The number of rotatable bonds is 2. The van der Waals surface area contributed by atoms with Crippen molar-refractivity contribution in [2.45, 2.75) is 42.6 Å². The summed E-state index contributed by atoms with van der Waals surface area (Å²) >= 11 is 0. The zero-order valence-corrected chi connectivity index (χ0v) is 11.8. The van der Waals surface area contributed by atoms with Crippen LogP contribution >= 0.6 is 0 Å². The van der Waals surface area contributed by atoms with E-state index in [4.69, 9.17) is 0 Å². The molecular formula is C13H18N2O3S. The number of ketones is 1. The van der Waals surface area contributed by atoms with Crippen molar-refractivity contribution >= 4 is 15.6 Å². The van der Waals surface area contributed by atoms with Gasteiger partial charge in [0.1, 0.15) is 5.69 Å². The fourth-order valence-corrected chi connectivity index (χ4v) is 5.91. The minimum atomic E-state index is -2.99. The molecule has 0 N–H and O–H groups in total. The first-order valence-electron chi connectivity index (χ1n) is 6.75. The first-order chi connectivity index (χ1) is 8.98. The molecule has 5 nitrogen and oxygen atoms in total. The van der Waals surface area contributed by atoms with E-state index in [2.05, 4.69) is 5.10 Å². The van der Waals surface area contributed by atoms with Gasteiger partial charge in [0.2, 0.25) is 0 Å².